The summed E-state index contributed by atoms with van der Waals surface area (Å²) in [4.78, 5) is 0. The second-order valence-corrected chi connectivity index (χ2v) is 9.71. The number of nitrogens with one attached hydrogen (secondary N) is 1. The maximum atomic E-state index is 14.5. The van der Waals surface area contributed by atoms with E-state index in [2.05, 4.69) is 24.2 Å². The van der Waals surface area contributed by atoms with Crippen LogP contribution < -0.4 is 20.4 Å². The molecule has 0 saturated carbocycles. The molecule has 0 fully saturated rings. The van der Waals surface area contributed by atoms with Crippen molar-refractivity contribution in [3.63, 3.8) is 0 Å². The Morgan fingerprint density at radius 1 is 0.900 bits per heavy atom. The van der Waals surface area contributed by atoms with E-state index in [0.29, 0.717) is 0 Å². The molecule has 0 aliphatic heterocycles. The monoisotopic (exact) mass is 419 g/mol. The van der Waals surface area contributed by atoms with Gasteiger partial charge in [0.2, 0.25) is 7.29 Å². The van der Waals surface area contributed by atoms with E-state index in [4.69, 9.17) is 4.74 Å². The molecule has 0 aliphatic rings. The molecule has 0 amide bonds. The number of hydrogen-bond donors (Lipinski definition) is 1. The van der Waals surface area contributed by atoms with Gasteiger partial charge in [0.15, 0.2) is 0 Å². The van der Waals surface area contributed by atoms with Crippen LogP contribution in [0, 0.1) is 0 Å². The summed E-state index contributed by atoms with van der Waals surface area (Å²) in [5, 5.41) is 5.10. The molecule has 3 aromatic rings. The van der Waals surface area contributed by atoms with Gasteiger partial charge in [0, 0.05) is 16.2 Å². The second kappa shape index (κ2) is 11.0. The molecule has 0 unspecified atom stereocenters. The van der Waals surface area contributed by atoms with Crippen LogP contribution in [0.2, 0.25) is 0 Å². The van der Waals surface area contributed by atoms with E-state index in [1.807, 2.05) is 84.9 Å². The fraction of sp³-hybridized carbons (Fsp3) is 0.231. The van der Waals surface area contributed by atoms with Gasteiger partial charge >= 0.3 is 0 Å². The molecule has 0 bridgehead atoms. The molecular weight excluding hydrogens is 389 g/mol. The SMILES string of the molecule is CCCC/C=C/[C@@H](NP(=O)(c1ccccc1)c1ccccc1)c1ccccc1OC. The van der Waals surface area contributed by atoms with Crippen molar-refractivity contribution in [2.24, 2.45) is 0 Å². The molecule has 156 valence electrons. The third-order valence-corrected chi connectivity index (χ3v) is 7.78. The van der Waals surface area contributed by atoms with Gasteiger partial charge in [-0.25, -0.2) is 5.09 Å². The number of unbranched alkanes of at least 4 members (excludes halogenated alkanes) is 2. The highest BCUT2D eigenvalue weighted by atomic mass is 31.2. The van der Waals surface area contributed by atoms with Crippen LogP contribution in [0.1, 0.15) is 37.8 Å². The first-order chi connectivity index (χ1) is 14.7. The number of benzene rings is 3. The van der Waals surface area contributed by atoms with Gasteiger partial charge in [-0.1, -0.05) is 86.5 Å². The summed E-state index contributed by atoms with van der Waals surface area (Å²) in [6, 6.07) is 27.0. The van der Waals surface area contributed by atoms with E-state index in [-0.39, 0.29) is 6.04 Å². The zero-order chi connectivity index (χ0) is 21.2. The van der Waals surface area contributed by atoms with Crippen LogP contribution in [-0.4, -0.2) is 7.11 Å². The lowest BCUT2D eigenvalue weighted by Crippen LogP contribution is -2.30. The normalized spacial score (nSPS) is 12.7. The minimum atomic E-state index is -3.09. The molecule has 4 heteroatoms. The molecule has 30 heavy (non-hydrogen) atoms. The van der Waals surface area contributed by atoms with Crippen molar-refractivity contribution in [3.8, 4) is 5.75 Å². The maximum absolute atomic E-state index is 14.5. The largest absolute Gasteiger partial charge is 0.496 e. The number of hydrogen-bond acceptors (Lipinski definition) is 2. The Kier molecular flexibility index (Phi) is 8.07. The summed E-state index contributed by atoms with van der Waals surface area (Å²) in [6.45, 7) is 2.18. The molecule has 3 aromatic carbocycles. The van der Waals surface area contributed by atoms with Crippen LogP contribution in [0.15, 0.2) is 97.1 Å². The first-order valence-corrected chi connectivity index (χ1v) is 12.2. The quantitative estimate of drug-likeness (QED) is 0.249. The Morgan fingerprint density at radius 3 is 2.03 bits per heavy atom. The van der Waals surface area contributed by atoms with E-state index in [1.54, 1.807) is 7.11 Å². The lowest BCUT2D eigenvalue weighted by molar-refractivity contribution is 0.407. The van der Waals surface area contributed by atoms with Crippen LogP contribution in [0.25, 0.3) is 0 Å². The average Bonchev–Trinajstić information content (AvgIpc) is 2.82. The fourth-order valence-corrected chi connectivity index (χ4v) is 5.86. The van der Waals surface area contributed by atoms with Gasteiger partial charge in [0.1, 0.15) is 5.75 Å². The van der Waals surface area contributed by atoms with Crippen molar-refractivity contribution in [2.45, 2.75) is 32.2 Å². The second-order valence-electron chi connectivity index (χ2n) is 7.20. The first-order valence-electron chi connectivity index (χ1n) is 10.5. The van der Waals surface area contributed by atoms with Gasteiger partial charge in [0.05, 0.1) is 13.2 Å². The predicted molar refractivity (Wildman–Crippen MR) is 127 cm³/mol. The lowest BCUT2D eigenvalue weighted by Gasteiger charge is -2.26. The van der Waals surface area contributed by atoms with E-state index < -0.39 is 7.29 Å². The molecule has 0 radical (unpaired) electrons. The summed E-state index contributed by atoms with van der Waals surface area (Å²) >= 11 is 0. The van der Waals surface area contributed by atoms with Crippen LogP contribution in [0.3, 0.4) is 0 Å². The molecule has 0 heterocycles. The third-order valence-electron chi connectivity index (χ3n) is 5.09. The highest BCUT2D eigenvalue weighted by Crippen LogP contribution is 2.43. The topological polar surface area (TPSA) is 38.3 Å². The third kappa shape index (κ3) is 5.30. The van der Waals surface area contributed by atoms with Gasteiger partial charge in [-0.05, 0) is 36.8 Å². The summed E-state index contributed by atoms with van der Waals surface area (Å²) < 4.78 is 20.1. The Hall–Kier alpha value is -2.61. The van der Waals surface area contributed by atoms with E-state index >= 15 is 0 Å². The molecule has 0 spiro atoms. The number of allylic oxidation sites excluding steroid dienone is 1. The van der Waals surface area contributed by atoms with E-state index in [0.717, 1.165) is 41.2 Å². The zero-order valence-electron chi connectivity index (χ0n) is 17.7. The van der Waals surface area contributed by atoms with Crippen LogP contribution in [-0.2, 0) is 4.57 Å². The van der Waals surface area contributed by atoms with Crippen molar-refractivity contribution < 1.29 is 9.30 Å². The average molecular weight is 420 g/mol. The fourth-order valence-electron chi connectivity index (χ4n) is 3.46. The van der Waals surface area contributed by atoms with Gasteiger partial charge < -0.3 is 4.74 Å². The molecule has 0 saturated heterocycles. The number of methoxy groups -OCH3 is 1. The molecule has 0 aliphatic carbocycles. The van der Waals surface area contributed by atoms with Crippen molar-refractivity contribution in [3.05, 3.63) is 103 Å². The highest BCUT2D eigenvalue weighted by Gasteiger charge is 2.30. The summed E-state index contributed by atoms with van der Waals surface area (Å²) in [5.74, 6) is 0.780. The van der Waals surface area contributed by atoms with Gasteiger partial charge in [-0.2, -0.15) is 0 Å². The standard InChI is InChI=1S/C26H30NO2P/c1-3-4-5-12-20-25(24-19-13-14-21-26(24)29-2)27-30(28,22-15-8-6-9-16-22)23-17-10-7-11-18-23/h6-21,25H,3-5H2,1-2H3,(H,27,28)/b20-12+/t25-/m1/s1. The summed E-state index contributed by atoms with van der Waals surface area (Å²) in [7, 11) is -1.42. The van der Waals surface area contributed by atoms with E-state index in [1.165, 1.54) is 0 Å². The van der Waals surface area contributed by atoms with Crippen LogP contribution in [0.5, 0.6) is 5.75 Å². The van der Waals surface area contributed by atoms with Crippen LogP contribution >= 0.6 is 7.29 Å². The Balaban J connectivity index is 2.07. The molecule has 0 aromatic heterocycles. The number of rotatable bonds is 10. The van der Waals surface area contributed by atoms with Crippen molar-refractivity contribution in [1.82, 2.24) is 5.09 Å². The molecule has 1 N–H and O–H groups in total. The van der Waals surface area contributed by atoms with Crippen molar-refractivity contribution in [2.75, 3.05) is 7.11 Å². The smallest absolute Gasteiger partial charge is 0.205 e. The number of ether oxygens (including phenoxy) is 1. The van der Waals surface area contributed by atoms with Crippen molar-refractivity contribution >= 4 is 17.9 Å². The predicted octanol–water partition coefficient (Wildman–Crippen LogP) is 6.00. The Morgan fingerprint density at radius 2 is 1.47 bits per heavy atom. The maximum Gasteiger partial charge on any atom is 0.205 e. The Labute approximate surface area is 180 Å². The van der Waals surface area contributed by atoms with Crippen LogP contribution in [0.4, 0.5) is 0 Å². The molecular formula is C26H30NO2P. The first kappa shape index (κ1) is 22.1. The zero-order valence-corrected chi connectivity index (χ0v) is 18.6. The van der Waals surface area contributed by atoms with Crippen molar-refractivity contribution in [1.29, 1.82) is 0 Å². The molecule has 3 rings (SSSR count). The van der Waals surface area contributed by atoms with Gasteiger partial charge in [-0.3, -0.25) is 4.57 Å². The summed E-state index contributed by atoms with van der Waals surface area (Å²) in [5.41, 5.74) is 0.972. The molecule has 3 nitrogen and oxygen atoms in total. The van der Waals surface area contributed by atoms with Gasteiger partial charge in [0.25, 0.3) is 0 Å². The van der Waals surface area contributed by atoms with Gasteiger partial charge in [-0.15, -0.1) is 0 Å². The minimum absolute atomic E-state index is 0.246. The highest BCUT2D eigenvalue weighted by molar-refractivity contribution is 7.76. The number of para-hydroxylation sites is 1. The van der Waals surface area contributed by atoms with E-state index in [9.17, 15) is 4.57 Å². The summed E-state index contributed by atoms with van der Waals surface area (Å²) in [6.07, 6.45) is 7.55. The minimum Gasteiger partial charge on any atom is -0.496 e. The lowest BCUT2D eigenvalue weighted by atomic mass is 10.1. The molecule has 1 atom stereocenters. The Bertz CT molecular complexity index is 943.